The Balaban J connectivity index is 1.55. The molecule has 1 saturated heterocycles. The molecule has 1 aliphatic heterocycles. The second-order valence-corrected chi connectivity index (χ2v) is 7.47. The van der Waals surface area contributed by atoms with Crippen LogP contribution in [0.15, 0.2) is 34.1 Å². The van der Waals surface area contributed by atoms with Crippen molar-refractivity contribution < 1.29 is 19.4 Å². The Morgan fingerprint density at radius 2 is 2.00 bits per heavy atom. The fourth-order valence-electron chi connectivity index (χ4n) is 3.65. The summed E-state index contributed by atoms with van der Waals surface area (Å²) in [4.78, 5) is 16.3. The lowest BCUT2D eigenvalue weighted by molar-refractivity contribution is -0.0457. The van der Waals surface area contributed by atoms with Crippen molar-refractivity contribution in [3.63, 3.8) is 0 Å². The number of nitrogens with zero attached hydrogens (tertiary/aromatic N) is 2. The number of hydrogen-bond donors (Lipinski definition) is 2. The van der Waals surface area contributed by atoms with E-state index in [-0.39, 0.29) is 13.0 Å². The van der Waals surface area contributed by atoms with E-state index in [1.807, 2.05) is 12.1 Å². The van der Waals surface area contributed by atoms with Crippen LogP contribution in [0.4, 0.5) is 0 Å². The molecule has 3 rings (SSSR count). The molecule has 3 heterocycles. The summed E-state index contributed by atoms with van der Waals surface area (Å²) >= 11 is 0. The SMILES string of the molecule is C=CCCCCCCCCc1cc2cn([C@H]3C[C@H](O)[C@@H](CO)O3)c(=O)nc2o1. The van der Waals surface area contributed by atoms with Gasteiger partial charge >= 0.3 is 5.69 Å². The van der Waals surface area contributed by atoms with Crippen molar-refractivity contribution in [2.45, 2.75) is 76.2 Å². The van der Waals surface area contributed by atoms with Crippen LogP contribution in [-0.4, -0.2) is 38.6 Å². The highest BCUT2D eigenvalue weighted by molar-refractivity contribution is 5.72. The lowest BCUT2D eigenvalue weighted by Crippen LogP contribution is -2.27. The molecule has 0 aromatic carbocycles. The minimum absolute atomic E-state index is 0.246. The smallest absolute Gasteiger partial charge is 0.353 e. The van der Waals surface area contributed by atoms with Gasteiger partial charge in [-0.3, -0.25) is 4.57 Å². The second-order valence-electron chi connectivity index (χ2n) is 7.47. The molecule has 1 fully saturated rings. The van der Waals surface area contributed by atoms with Gasteiger partial charge in [0.2, 0.25) is 5.71 Å². The molecular formula is C21H30N2O5. The monoisotopic (exact) mass is 390 g/mol. The average Bonchev–Trinajstić information content (AvgIpc) is 3.25. The van der Waals surface area contributed by atoms with Gasteiger partial charge in [-0.1, -0.05) is 31.8 Å². The largest absolute Gasteiger partial charge is 0.443 e. The lowest BCUT2D eigenvalue weighted by Gasteiger charge is -2.13. The fraction of sp³-hybridized carbons (Fsp3) is 0.619. The summed E-state index contributed by atoms with van der Waals surface area (Å²) in [5, 5.41) is 19.8. The van der Waals surface area contributed by atoms with Crippen LogP contribution in [0.1, 0.15) is 63.4 Å². The van der Waals surface area contributed by atoms with E-state index in [1.165, 1.54) is 30.3 Å². The van der Waals surface area contributed by atoms with E-state index in [0.717, 1.165) is 36.8 Å². The minimum atomic E-state index is -0.797. The van der Waals surface area contributed by atoms with Crippen LogP contribution in [-0.2, 0) is 11.2 Å². The third-order valence-corrected chi connectivity index (χ3v) is 5.26. The highest BCUT2D eigenvalue weighted by atomic mass is 16.5. The summed E-state index contributed by atoms with van der Waals surface area (Å²) in [5.41, 5.74) is -0.151. The van der Waals surface area contributed by atoms with Crippen LogP contribution in [0.3, 0.4) is 0 Å². The van der Waals surface area contributed by atoms with Crippen molar-refractivity contribution in [3.05, 3.63) is 41.2 Å². The molecule has 0 unspecified atom stereocenters. The van der Waals surface area contributed by atoms with Crippen molar-refractivity contribution in [2.75, 3.05) is 6.61 Å². The highest BCUT2D eigenvalue weighted by Gasteiger charge is 2.35. The number of aliphatic hydroxyl groups is 2. The summed E-state index contributed by atoms with van der Waals surface area (Å²) < 4.78 is 12.6. The first-order chi connectivity index (χ1) is 13.6. The van der Waals surface area contributed by atoms with Gasteiger partial charge in [-0.25, -0.2) is 4.79 Å². The Hall–Kier alpha value is -1.96. The Morgan fingerprint density at radius 3 is 2.71 bits per heavy atom. The molecule has 2 N–H and O–H groups in total. The number of ether oxygens (including phenoxy) is 1. The molecule has 154 valence electrons. The number of allylic oxidation sites excluding steroid dienone is 1. The van der Waals surface area contributed by atoms with E-state index in [2.05, 4.69) is 11.6 Å². The number of aromatic nitrogens is 2. The van der Waals surface area contributed by atoms with Crippen LogP contribution < -0.4 is 5.69 Å². The number of hydrogen-bond acceptors (Lipinski definition) is 6. The van der Waals surface area contributed by atoms with E-state index in [9.17, 15) is 15.0 Å². The van der Waals surface area contributed by atoms with E-state index < -0.39 is 24.1 Å². The Morgan fingerprint density at radius 1 is 1.25 bits per heavy atom. The highest BCUT2D eigenvalue weighted by Crippen LogP contribution is 2.28. The third kappa shape index (κ3) is 5.10. The molecule has 0 saturated carbocycles. The van der Waals surface area contributed by atoms with E-state index >= 15 is 0 Å². The van der Waals surface area contributed by atoms with Crippen LogP contribution in [0, 0.1) is 0 Å². The standard InChI is InChI=1S/C21H30N2O5/c1-2-3-4-5-6-7-8-9-10-16-11-15-13-23(21(26)22-20(15)27-16)19-12-17(25)18(14-24)28-19/h2,11,13,17-19,24-25H,1,3-10,12,14H2/t17-,18+,19+/m0/s1. The maximum absolute atomic E-state index is 12.3. The number of furan rings is 1. The first-order valence-corrected chi connectivity index (χ1v) is 10.2. The molecule has 0 aliphatic carbocycles. The zero-order valence-electron chi connectivity index (χ0n) is 16.3. The fourth-order valence-corrected chi connectivity index (χ4v) is 3.65. The molecule has 28 heavy (non-hydrogen) atoms. The summed E-state index contributed by atoms with van der Waals surface area (Å²) in [7, 11) is 0. The van der Waals surface area contributed by atoms with E-state index in [0.29, 0.717) is 5.71 Å². The summed E-state index contributed by atoms with van der Waals surface area (Å²) in [6.45, 7) is 3.45. The van der Waals surface area contributed by atoms with Gasteiger partial charge in [-0.15, -0.1) is 6.58 Å². The van der Waals surface area contributed by atoms with E-state index in [1.54, 1.807) is 6.20 Å². The zero-order valence-corrected chi connectivity index (χ0v) is 16.3. The van der Waals surface area contributed by atoms with Gasteiger partial charge in [-0.05, 0) is 25.3 Å². The van der Waals surface area contributed by atoms with Gasteiger partial charge in [0.05, 0.1) is 18.1 Å². The molecule has 0 amide bonds. The van der Waals surface area contributed by atoms with Crippen molar-refractivity contribution in [1.82, 2.24) is 9.55 Å². The van der Waals surface area contributed by atoms with E-state index in [4.69, 9.17) is 9.15 Å². The number of fused-ring (bicyclic) bond motifs is 1. The Labute approximate surface area is 164 Å². The molecule has 0 bridgehead atoms. The van der Waals surface area contributed by atoms with Crippen molar-refractivity contribution in [3.8, 4) is 0 Å². The summed E-state index contributed by atoms with van der Waals surface area (Å²) in [6, 6.07) is 1.91. The summed E-state index contributed by atoms with van der Waals surface area (Å²) in [6.07, 6.45) is 10.8. The van der Waals surface area contributed by atoms with Gasteiger partial charge in [0, 0.05) is 19.0 Å². The zero-order chi connectivity index (χ0) is 19.9. The van der Waals surface area contributed by atoms with Crippen LogP contribution in [0.25, 0.3) is 11.1 Å². The number of rotatable bonds is 11. The quantitative estimate of drug-likeness (QED) is 0.452. The second kappa shape index (κ2) is 10.0. The van der Waals surface area contributed by atoms with Gasteiger partial charge in [0.15, 0.2) is 0 Å². The molecule has 0 spiro atoms. The molecule has 7 heteroatoms. The molecular weight excluding hydrogens is 360 g/mol. The van der Waals surface area contributed by atoms with Gasteiger partial charge < -0.3 is 19.4 Å². The number of aryl methyl sites for hydroxylation is 1. The predicted molar refractivity (Wildman–Crippen MR) is 106 cm³/mol. The Kier molecular flexibility index (Phi) is 7.42. The first kappa shape index (κ1) is 20.8. The lowest BCUT2D eigenvalue weighted by atomic mass is 10.1. The van der Waals surface area contributed by atoms with Crippen molar-refractivity contribution in [1.29, 1.82) is 0 Å². The average molecular weight is 390 g/mol. The normalized spacial score (nSPS) is 22.1. The van der Waals surface area contributed by atoms with Gasteiger partial charge in [-0.2, -0.15) is 4.98 Å². The molecule has 3 atom stereocenters. The molecule has 2 aromatic rings. The predicted octanol–water partition coefficient (Wildman–Crippen LogP) is 3.09. The molecule has 2 aromatic heterocycles. The maximum atomic E-state index is 12.3. The number of unbranched alkanes of at least 4 members (excludes halogenated alkanes) is 6. The van der Waals surface area contributed by atoms with Gasteiger partial charge in [0.1, 0.15) is 18.1 Å². The summed E-state index contributed by atoms with van der Waals surface area (Å²) in [5.74, 6) is 0.826. The van der Waals surface area contributed by atoms with Crippen molar-refractivity contribution >= 4 is 11.1 Å². The molecule has 7 nitrogen and oxygen atoms in total. The third-order valence-electron chi connectivity index (χ3n) is 5.26. The topological polar surface area (TPSA) is 97.7 Å². The van der Waals surface area contributed by atoms with Gasteiger partial charge in [0.25, 0.3) is 0 Å². The first-order valence-electron chi connectivity index (χ1n) is 10.2. The van der Waals surface area contributed by atoms with Crippen LogP contribution >= 0.6 is 0 Å². The molecule has 0 radical (unpaired) electrons. The maximum Gasteiger partial charge on any atom is 0.353 e. The van der Waals surface area contributed by atoms with Crippen LogP contribution in [0.2, 0.25) is 0 Å². The molecule has 1 aliphatic rings. The number of aliphatic hydroxyl groups excluding tert-OH is 2. The minimum Gasteiger partial charge on any atom is -0.443 e. The Bertz CT molecular complexity index is 828. The van der Waals surface area contributed by atoms with Crippen molar-refractivity contribution in [2.24, 2.45) is 0 Å². The van der Waals surface area contributed by atoms with Crippen LogP contribution in [0.5, 0.6) is 0 Å².